The van der Waals surface area contributed by atoms with Crippen LogP contribution in [0.4, 0.5) is 4.79 Å². The van der Waals surface area contributed by atoms with Crippen molar-refractivity contribution in [2.45, 2.75) is 122 Å². The summed E-state index contributed by atoms with van der Waals surface area (Å²) in [6.45, 7) is 11.2. The van der Waals surface area contributed by atoms with E-state index in [2.05, 4.69) is 5.32 Å². The van der Waals surface area contributed by atoms with Crippen LogP contribution in [0.25, 0.3) is 0 Å². The maximum atomic E-state index is 15.4. The van der Waals surface area contributed by atoms with E-state index in [1.807, 2.05) is 0 Å². The number of esters is 4. The van der Waals surface area contributed by atoms with Crippen molar-refractivity contribution in [2.24, 2.45) is 22.7 Å². The van der Waals surface area contributed by atoms with Gasteiger partial charge in [0, 0.05) is 39.2 Å². The lowest BCUT2D eigenvalue weighted by Crippen LogP contribution is -2.82. The Bertz CT molecular complexity index is 1810. The van der Waals surface area contributed by atoms with Gasteiger partial charge in [0.2, 0.25) is 0 Å². The molecule has 320 valence electrons. The third kappa shape index (κ3) is 7.62. The van der Waals surface area contributed by atoms with Crippen molar-refractivity contribution in [1.29, 1.82) is 0 Å². The molecule has 4 N–H and O–H groups in total. The Kier molecular flexibility index (Phi) is 12.8. The molecule has 2 saturated carbocycles. The van der Waals surface area contributed by atoms with E-state index in [4.69, 9.17) is 33.2 Å². The van der Waals surface area contributed by atoms with Gasteiger partial charge in [-0.2, -0.15) is 0 Å². The topological polar surface area (TPSA) is 240 Å². The lowest BCUT2D eigenvalue weighted by Gasteiger charge is -2.67. The summed E-state index contributed by atoms with van der Waals surface area (Å²) in [4.78, 5) is 81.8. The van der Waals surface area contributed by atoms with Crippen molar-refractivity contribution in [2.75, 3.05) is 26.9 Å². The lowest BCUT2D eigenvalue weighted by atomic mass is 9.44. The van der Waals surface area contributed by atoms with Crippen molar-refractivity contribution in [3.63, 3.8) is 0 Å². The number of hydrogen-bond donors (Lipinski definition) is 4. The van der Waals surface area contributed by atoms with Crippen molar-refractivity contribution >= 4 is 35.8 Å². The zero-order chi connectivity index (χ0) is 43.1. The number of amides is 1. The molecule has 0 unspecified atom stereocenters. The van der Waals surface area contributed by atoms with Gasteiger partial charge in [-0.1, -0.05) is 45.9 Å². The first-order chi connectivity index (χ1) is 27.1. The molecule has 1 amide bonds. The van der Waals surface area contributed by atoms with Crippen LogP contribution >= 0.6 is 0 Å². The molecule has 1 aliphatic heterocycles. The summed E-state index contributed by atoms with van der Waals surface area (Å²) in [5.41, 5.74) is -7.60. The van der Waals surface area contributed by atoms with Crippen LogP contribution in [0.1, 0.15) is 78.6 Å². The van der Waals surface area contributed by atoms with Gasteiger partial charge in [-0.25, -0.2) is 14.4 Å². The molecule has 17 heteroatoms. The number of ketones is 1. The van der Waals surface area contributed by atoms with Gasteiger partial charge in [-0.15, -0.1) is 0 Å². The SMILES string of the molecule is COCCOC(=O)N[C@@H](C(C)C)[C@@H](O)C(=O)O[C@H]1C[C@@]2(O)[C@@H](OC(=O)c3ccccc3)[C@@H]3[C@]4(OC(C)=O)CO[C@@H]4C[C@H](O)[C@@]3(C)C(=O)[C@H](OC(C)=O)C(=C1C)C2(C)C. The zero-order valence-corrected chi connectivity index (χ0v) is 34.3. The van der Waals surface area contributed by atoms with E-state index in [9.17, 15) is 39.3 Å². The molecule has 1 aromatic rings. The maximum absolute atomic E-state index is 15.4. The molecule has 58 heavy (non-hydrogen) atoms. The van der Waals surface area contributed by atoms with E-state index >= 15 is 4.79 Å². The lowest BCUT2D eigenvalue weighted by molar-refractivity contribution is -0.346. The molecule has 5 rings (SSSR count). The maximum Gasteiger partial charge on any atom is 0.407 e. The number of Topliss-reactive ketones (excluding diaryl/α,β-unsaturated/α-hetero) is 1. The number of hydrogen-bond acceptors (Lipinski definition) is 16. The second-order valence-electron chi connectivity index (χ2n) is 16.7. The summed E-state index contributed by atoms with van der Waals surface area (Å²) in [5, 5.41) is 39.3. The molecule has 1 aromatic carbocycles. The summed E-state index contributed by atoms with van der Waals surface area (Å²) < 4.78 is 39.9. The Hall–Kier alpha value is -4.42. The number of ether oxygens (including phenoxy) is 7. The molecule has 17 nitrogen and oxygen atoms in total. The summed E-state index contributed by atoms with van der Waals surface area (Å²) in [7, 11) is 1.42. The number of methoxy groups -OCH3 is 1. The van der Waals surface area contributed by atoms with E-state index < -0.39 is 119 Å². The Balaban J connectivity index is 1.71. The smallest absolute Gasteiger partial charge is 0.407 e. The van der Waals surface area contributed by atoms with Crippen LogP contribution in [0.15, 0.2) is 41.5 Å². The number of alkyl carbamates (subject to hydrolysis) is 1. The van der Waals surface area contributed by atoms with Gasteiger partial charge >= 0.3 is 30.0 Å². The monoisotopic (exact) mass is 817 g/mol. The third-order valence-electron chi connectivity index (χ3n) is 12.5. The first-order valence-corrected chi connectivity index (χ1v) is 19.3. The highest BCUT2D eigenvalue weighted by molar-refractivity contribution is 5.95. The molecule has 4 aliphatic rings. The number of rotatable bonds is 12. The minimum atomic E-state index is -2.38. The molecule has 2 bridgehead atoms. The van der Waals surface area contributed by atoms with Crippen LogP contribution in [0.5, 0.6) is 0 Å². The van der Waals surface area contributed by atoms with Gasteiger partial charge in [-0.3, -0.25) is 14.4 Å². The van der Waals surface area contributed by atoms with Gasteiger partial charge in [0.25, 0.3) is 0 Å². The zero-order valence-electron chi connectivity index (χ0n) is 34.3. The number of carbonyl (C=O) groups is 6. The van der Waals surface area contributed by atoms with Gasteiger partial charge in [0.05, 0.1) is 42.3 Å². The number of aliphatic hydroxyl groups is 3. The molecule has 3 aliphatic carbocycles. The molecule has 0 spiro atoms. The van der Waals surface area contributed by atoms with Crippen LogP contribution in [-0.2, 0) is 52.3 Å². The molecule has 3 fully saturated rings. The fourth-order valence-corrected chi connectivity index (χ4v) is 9.38. The molecule has 0 aromatic heterocycles. The van der Waals surface area contributed by atoms with Gasteiger partial charge in [0.15, 0.2) is 23.6 Å². The molecular formula is C41H55NO16. The van der Waals surface area contributed by atoms with E-state index in [0.717, 1.165) is 13.8 Å². The number of aliphatic hydroxyl groups excluding tert-OH is 2. The van der Waals surface area contributed by atoms with E-state index in [-0.39, 0.29) is 43.0 Å². The second kappa shape index (κ2) is 16.7. The van der Waals surface area contributed by atoms with Crippen molar-refractivity contribution in [3.05, 3.63) is 47.0 Å². The number of fused-ring (bicyclic) bond motifs is 5. The largest absolute Gasteiger partial charge is 0.456 e. The third-order valence-corrected chi connectivity index (χ3v) is 12.5. The Morgan fingerprint density at radius 3 is 2.19 bits per heavy atom. The van der Waals surface area contributed by atoms with E-state index in [0.29, 0.717) is 0 Å². The Morgan fingerprint density at radius 2 is 1.64 bits per heavy atom. The Morgan fingerprint density at radius 1 is 0.983 bits per heavy atom. The van der Waals surface area contributed by atoms with Crippen LogP contribution in [0.2, 0.25) is 0 Å². The summed E-state index contributed by atoms with van der Waals surface area (Å²) in [5.74, 6) is -6.77. The predicted octanol–water partition coefficient (Wildman–Crippen LogP) is 1.96. The van der Waals surface area contributed by atoms with Crippen LogP contribution < -0.4 is 5.32 Å². The summed E-state index contributed by atoms with van der Waals surface area (Å²) >= 11 is 0. The first kappa shape index (κ1) is 44.7. The number of benzene rings is 1. The average Bonchev–Trinajstić information content (AvgIpc) is 3.14. The fourth-order valence-electron chi connectivity index (χ4n) is 9.38. The molecule has 0 radical (unpaired) electrons. The number of carbonyl (C=O) groups excluding carboxylic acids is 6. The molecular weight excluding hydrogens is 762 g/mol. The van der Waals surface area contributed by atoms with Gasteiger partial charge in [-0.05, 0) is 43.0 Å². The predicted molar refractivity (Wildman–Crippen MR) is 200 cm³/mol. The minimum absolute atomic E-state index is 0.00449. The first-order valence-electron chi connectivity index (χ1n) is 19.3. The average molecular weight is 818 g/mol. The minimum Gasteiger partial charge on any atom is -0.456 e. The molecule has 1 heterocycles. The van der Waals surface area contributed by atoms with Crippen molar-refractivity contribution in [3.8, 4) is 0 Å². The molecule has 11 atom stereocenters. The summed E-state index contributed by atoms with van der Waals surface area (Å²) in [6, 6.07) is 6.59. The van der Waals surface area contributed by atoms with Crippen LogP contribution in [0, 0.1) is 22.7 Å². The molecule has 1 saturated heterocycles. The Labute approximate surface area is 336 Å². The van der Waals surface area contributed by atoms with Gasteiger partial charge in [0.1, 0.15) is 30.5 Å². The highest BCUT2D eigenvalue weighted by Crippen LogP contribution is 2.64. The quantitative estimate of drug-likeness (QED) is 0.102. The van der Waals surface area contributed by atoms with E-state index in [1.165, 1.54) is 33.1 Å². The van der Waals surface area contributed by atoms with Crippen LogP contribution in [0.3, 0.4) is 0 Å². The van der Waals surface area contributed by atoms with E-state index in [1.54, 1.807) is 45.9 Å². The van der Waals surface area contributed by atoms with Crippen molar-refractivity contribution in [1.82, 2.24) is 5.32 Å². The normalized spacial score (nSPS) is 33.4. The highest BCUT2D eigenvalue weighted by atomic mass is 16.6. The number of nitrogens with one attached hydrogen (secondary N) is 1. The highest BCUT2D eigenvalue weighted by Gasteiger charge is 2.78. The van der Waals surface area contributed by atoms with Crippen LogP contribution in [-0.4, -0.2) is 132 Å². The second-order valence-corrected chi connectivity index (χ2v) is 16.7. The summed E-state index contributed by atoms with van der Waals surface area (Å²) in [6.07, 6.45) is -11.3. The fraction of sp³-hybridized carbons (Fsp3) is 0.659. The van der Waals surface area contributed by atoms with Crippen molar-refractivity contribution < 1.29 is 77.2 Å². The van der Waals surface area contributed by atoms with Gasteiger partial charge < -0.3 is 53.8 Å². The standard InChI is InChI=1S/C41H55NO16/c1-20(2)29(42-37(50)53-16-15-52-9)30(46)36(49)56-25-18-41(51)34(57-35(48)24-13-11-10-12-14-24)32-39(8,26(45)17-27-40(32,19-54-27)58-23(5)44)33(47)31(55-22(4)43)28(21(25)3)38(41,6)7/h10-14,20,25-27,29-32,34,45-46,51H,15-19H2,1-9H3,(H,42,50)/t25-,26-,27+,29-,30+,31+,32-,34-,39+,40-,41+/m0/s1.